The number of nitrogens with two attached hydrogens (primary N) is 1. The molecular formula is C12H16N2. The number of hydrogen-bond acceptors (Lipinski definition) is 1. The van der Waals surface area contributed by atoms with Gasteiger partial charge in [0.2, 0.25) is 0 Å². The van der Waals surface area contributed by atoms with Crippen molar-refractivity contribution in [2.75, 3.05) is 6.54 Å². The van der Waals surface area contributed by atoms with E-state index in [0.717, 1.165) is 0 Å². The van der Waals surface area contributed by atoms with Gasteiger partial charge in [-0.05, 0) is 31.0 Å². The van der Waals surface area contributed by atoms with Crippen molar-refractivity contribution in [1.82, 2.24) is 4.98 Å². The predicted octanol–water partition coefficient (Wildman–Crippen LogP) is 2.54. The van der Waals surface area contributed by atoms with E-state index in [1.165, 1.54) is 22.2 Å². The monoisotopic (exact) mass is 188 g/mol. The van der Waals surface area contributed by atoms with Crippen LogP contribution in [0.2, 0.25) is 0 Å². The van der Waals surface area contributed by atoms with Crippen molar-refractivity contribution in [2.24, 2.45) is 5.73 Å². The van der Waals surface area contributed by atoms with E-state index in [2.05, 4.69) is 43.1 Å². The highest BCUT2D eigenvalue weighted by Crippen LogP contribution is 2.27. The summed E-state index contributed by atoms with van der Waals surface area (Å²) in [5, 5.41) is 1.31. The zero-order valence-corrected chi connectivity index (χ0v) is 8.67. The van der Waals surface area contributed by atoms with Crippen LogP contribution in [0.3, 0.4) is 0 Å². The summed E-state index contributed by atoms with van der Waals surface area (Å²) < 4.78 is 0. The Morgan fingerprint density at radius 2 is 2.07 bits per heavy atom. The molecule has 2 rings (SSSR count). The Balaban J connectivity index is 2.67. The van der Waals surface area contributed by atoms with Crippen LogP contribution in [0.5, 0.6) is 0 Å². The summed E-state index contributed by atoms with van der Waals surface area (Å²) in [5.74, 6) is 0.422. The first kappa shape index (κ1) is 9.28. The van der Waals surface area contributed by atoms with Crippen molar-refractivity contribution in [3.8, 4) is 0 Å². The van der Waals surface area contributed by atoms with Gasteiger partial charge in [0.1, 0.15) is 0 Å². The maximum Gasteiger partial charge on any atom is 0.0458 e. The van der Waals surface area contributed by atoms with Gasteiger partial charge in [0.05, 0.1) is 0 Å². The third kappa shape index (κ3) is 1.32. The van der Waals surface area contributed by atoms with Crippen LogP contribution in [0.1, 0.15) is 24.1 Å². The van der Waals surface area contributed by atoms with Crippen LogP contribution in [0.4, 0.5) is 0 Å². The van der Waals surface area contributed by atoms with Gasteiger partial charge in [-0.3, -0.25) is 0 Å². The molecule has 0 spiro atoms. The Labute approximate surface area is 84.1 Å². The van der Waals surface area contributed by atoms with Crippen LogP contribution in [-0.2, 0) is 0 Å². The molecule has 1 heterocycles. The summed E-state index contributed by atoms with van der Waals surface area (Å²) in [6, 6.07) is 8.38. The fraction of sp³-hybridized carbons (Fsp3) is 0.333. The standard InChI is InChI=1S/C12H16N2/c1-8(7-13)12-9(2)14-11-6-4-3-5-10(11)12/h3-6,8,14H,7,13H2,1-2H3. The van der Waals surface area contributed by atoms with E-state index in [1.807, 2.05) is 0 Å². The Hall–Kier alpha value is -1.28. The summed E-state index contributed by atoms with van der Waals surface area (Å²) in [6.07, 6.45) is 0. The van der Waals surface area contributed by atoms with E-state index in [9.17, 15) is 0 Å². The van der Waals surface area contributed by atoms with E-state index in [4.69, 9.17) is 5.73 Å². The molecule has 14 heavy (non-hydrogen) atoms. The van der Waals surface area contributed by atoms with Crippen molar-refractivity contribution in [3.05, 3.63) is 35.5 Å². The number of benzene rings is 1. The molecule has 74 valence electrons. The van der Waals surface area contributed by atoms with Crippen LogP contribution in [0, 0.1) is 6.92 Å². The molecule has 0 aliphatic heterocycles. The van der Waals surface area contributed by atoms with Crippen LogP contribution in [-0.4, -0.2) is 11.5 Å². The van der Waals surface area contributed by atoms with Crippen LogP contribution < -0.4 is 5.73 Å². The third-order valence-corrected chi connectivity index (χ3v) is 2.79. The molecule has 0 radical (unpaired) electrons. The molecule has 1 unspecified atom stereocenters. The van der Waals surface area contributed by atoms with E-state index < -0.39 is 0 Å². The van der Waals surface area contributed by atoms with E-state index in [1.54, 1.807) is 0 Å². The first-order valence-electron chi connectivity index (χ1n) is 5.01. The summed E-state index contributed by atoms with van der Waals surface area (Å²) in [6.45, 7) is 4.98. The van der Waals surface area contributed by atoms with Gasteiger partial charge in [0.25, 0.3) is 0 Å². The maximum atomic E-state index is 5.71. The summed E-state index contributed by atoms with van der Waals surface area (Å²) in [5.41, 5.74) is 9.52. The number of aromatic amines is 1. The van der Waals surface area contributed by atoms with Gasteiger partial charge >= 0.3 is 0 Å². The minimum absolute atomic E-state index is 0.422. The highest BCUT2D eigenvalue weighted by molar-refractivity contribution is 5.85. The lowest BCUT2D eigenvalue weighted by molar-refractivity contribution is 0.773. The average Bonchev–Trinajstić information content (AvgIpc) is 2.53. The molecule has 0 saturated heterocycles. The zero-order chi connectivity index (χ0) is 10.1. The van der Waals surface area contributed by atoms with Gasteiger partial charge in [-0.25, -0.2) is 0 Å². The third-order valence-electron chi connectivity index (χ3n) is 2.79. The molecule has 1 aromatic heterocycles. The molecule has 0 fully saturated rings. The topological polar surface area (TPSA) is 41.8 Å². The fourth-order valence-electron chi connectivity index (χ4n) is 2.05. The van der Waals surface area contributed by atoms with Crippen LogP contribution >= 0.6 is 0 Å². The molecule has 1 aromatic carbocycles. The van der Waals surface area contributed by atoms with Gasteiger partial charge < -0.3 is 10.7 Å². The molecule has 2 nitrogen and oxygen atoms in total. The van der Waals surface area contributed by atoms with Crippen molar-refractivity contribution in [1.29, 1.82) is 0 Å². The number of H-pyrrole nitrogens is 1. The largest absolute Gasteiger partial charge is 0.358 e. The molecule has 2 aromatic rings. The first-order valence-corrected chi connectivity index (χ1v) is 5.01. The lowest BCUT2D eigenvalue weighted by Crippen LogP contribution is -2.09. The molecule has 3 N–H and O–H groups in total. The Kier molecular flexibility index (Phi) is 2.30. The quantitative estimate of drug-likeness (QED) is 0.747. The minimum atomic E-state index is 0.422. The SMILES string of the molecule is Cc1[nH]c2ccccc2c1C(C)CN. The molecule has 0 aliphatic rings. The van der Waals surface area contributed by atoms with Gasteiger partial charge in [-0.15, -0.1) is 0 Å². The smallest absolute Gasteiger partial charge is 0.0458 e. The van der Waals surface area contributed by atoms with Gasteiger partial charge in [-0.1, -0.05) is 25.1 Å². The second-order valence-electron chi connectivity index (χ2n) is 3.85. The lowest BCUT2D eigenvalue weighted by Gasteiger charge is -2.08. The molecular weight excluding hydrogens is 172 g/mol. The first-order chi connectivity index (χ1) is 6.74. The molecule has 0 saturated carbocycles. The predicted molar refractivity (Wildman–Crippen MR) is 60.5 cm³/mol. The second-order valence-corrected chi connectivity index (χ2v) is 3.85. The second kappa shape index (κ2) is 3.46. The Bertz CT molecular complexity index is 443. The molecule has 0 aliphatic carbocycles. The van der Waals surface area contributed by atoms with E-state index >= 15 is 0 Å². The number of nitrogens with one attached hydrogen (secondary N) is 1. The van der Waals surface area contributed by atoms with E-state index in [0.29, 0.717) is 12.5 Å². The number of rotatable bonds is 2. The van der Waals surface area contributed by atoms with Crippen LogP contribution in [0.25, 0.3) is 10.9 Å². The zero-order valence-electron chi connectivity index (χ0n) is 8.67. The van der Waals surface area contributed by atoms with Crippen molar-refractivity contribution >= 4 is 10.9 Å². The van der Waals surface area contributed by atoms with Gasteiger partial charge in [-0.2, -0.15) is 0 Å². The van der Waals surface area contributed by atoms with Crippen LogP contribution in [0.15, 0.2) is 24.3 Å². The highest BCUT2D eigenvalue weighted by atomic mass is 14.7. The van der Waals surface area contributed by atoms with Crippen molar-refractivity contribution in [2.45, 2.75) is 19.8 Å². The minimum Gasteiger partial charge on any atom is -0.358 e. The molecule has 0 bridgehead atoms. The normalized spacial score (nSPS) is 13.4. The Morgan fingerprint density at radius 3 is 2.79 bits per heavy atom. The fourth-order valence-corrected chi connectivity index (χ4v) is 2.05. The number of hydrogen-bond donors (Lipinski definition) is 2. The number of aryl methyl sites for hydroxylation is 1. The van der Waals surface area contributed by atoms with Gasteiger partial charge in [0.15, 0.2) is 0 Å². The Morgan fingerprint density at radius 1 is 1.36 bits per heavy atom. The molecule has 0 amide bonds. The molecule has 1 atom stereocenters. The summed E-state index contributed by atoms with van der Waals surface area (Å²) in [4.78, 5) is 3.39. The number of fused-ring (bicyclic) bond motifs is 1. The molecule has 2 heteroatoms. The summed E-state index contributed by atoms with van der Waals surface area (Å²) >= 11 is 0. The summed E-state index contributed by atoms with van der Waals surface area (Å²) in [7, 11) is 0. The van der Waals surface area contributed by atoms with Crippen molar-refractivity contribution < 1.29 is 0 Å². The number of aromatic nitrogens is 1. The van der Waals surface area contributed by atoms with Crippen molar-refractivity contribution in [3.63, 3.8) is 0 Å². The van der Waals surface area contributed by atoms with Gasteiger partial charge in [0, 0.05) is 16.6 Å². The lowest BCUT2D eigenvalue weighted by atomic mass is 9.98. The maximum absolute atomic E-state index is 5.71. The van der Waals surface area contributed by atoms with E-state index in [-0.39, 0.29) is 0 Å². The average molecular weight is 188 g/mol. The number of para-hydroxylation sites is 1. The highest BCUT2D eigenvalue weighted by Gasteiger charge is 2.12.